The summed E-state index contributed by atoms with van der Waals surface area (Å²) in [4.78, 5) is 22.0. The third kappa shape index (κ3) is 5.75. The molecule has 190 valence electrons. The normalized spacial score (nSPS) is 16.8. The second-order valence-electron chi connectivity index (χ2n) is 8.81. The molecule has 0 bridgehead atoms. The van der Waals surface area contributed by atoms with Gasteiger partial charge in [0.05, 0.1) is 29.0 Å². The van der Waals surface area contributed by atoms with Crippen LogP contribution < -0.4 is 14.8 Å². The Bertz CT molecular complexity index is 1180. The summed E-state index contributed by atoms with van der Waals surface area (Å²) in [6.07, 6.45) is 2.89. The number of halogens is 1. The number of nitrogens with zero attached hydrogens (tertiary/aromatic N) is 3. The largest absolute Gasteiger partial charge is 0.489 e. The Morgan fingerprint density at radius 2 is 1.89 bits per heavy atom. The smallest absolute Gasteiger partial charge is 0.410 e. The van der Waals surface area contributed by atoms with Crippen molar-refractivity contribution >= 4 is 27.4 Å². The summed E-state index contributed by atoms with van der Waals surface area (Å²) < 4.78 is 56.2. The third-order valence-corrected chi connectivity index (χ3v) is 8.04. The summed E-state index contributed by atoms with van der Waals surface area (Å²) in [5.41, 5.74) is 0.0414. The van der Waals surface area contributed by atoms with Crippen LogP contribution in [0.4, 0.5) is 20.7 Å². The van der Waals surface area contributed by atoms with Crippen LogP contribution in [0.1, 0.15) is 39.5 Å². The molecule has 1 aliphatic carbocycles. The molecule has 1 saturated carbocycles. The Labute approximate surface area is 203 Å². The number of amides is 1. The van der Waals surface area contributed by atoms with E-state index in [0.29, 0.717) is 38.8 Å². The van der Waals surface area contributed by atoms with E-state index in [1.165, 1.54) is 25.6 Å². The molecule has 0 unspecified atom stereocenters. The van der Waals surface area contributed by atoms with E-state index in [9.17, 15) is 17.6 Å². The van der Waals surface area contributed by atoms with Crippen molar-refractivity contribution in [1.82, 2.24) is 14.9 Å². The lowest BCUT2D eigenvalue weighted by Gasteiger charge is -2.31. The first-order chi connectivity index (χ1) is 16.7. The zero-order valence-corrected chi connectivity index (χ0v) is 20.7. The zero-order valence-electron chi connectivity index (χ0n) is 19.9. The maximum atomic E-state index is 14.8. The molecule has 1 aliphatic heterocycles. The number of anilines is 2. The van der Waals surface area contributed by atoms with Crippen molar-refractivity contribution in [1.29, 1.82) is 0 Å². The van der Waals surface area contributed by atoms with Crippen LogP contribution in [-0.2, 0) is 14.6 Å². The summed E-state index contributed by atoms with van der Waals surface area (Å²) in [5.74, 6) is -0.188. The van der Waals surface area contributed by atoms with Gasteiger partial charge >= 0.3 is 6.09 Å². The molecule has 12 heteroatoms. The Morgan fingerprint density at radius 3 is 2.49 bits per heavy atom. The fourth-order valence-corrected chi connectivity index (χ4v) is 5.44. The first-order valence-corrected chi connectivity index (χ1v) is 13.1. The molecule has 1 N–H and O–H groups in total. The van der Waals surface area contributed by atoms with Crippen LogP contribution in [0.5, 0.6) is 11.6 Å². The van der Waals surface area contributed by atoms with Crippen molar-refractivity contribution in [3.05, 3.63) is 30.3 Å². The molecule has 2 aliphatic rings. The average Bonchev–Trinajstić information content (AvgIpc) is 3.67. The Hall–Kier alpha value is -3.15. The van der Waals surface area contributed by atoms with Gasteiger partial charge in [0.2, 0.25) is 5.75 Å². The molecule has 1 saturated heterocycles. The van der Waals surface area contributed by atoms with Gasteiger partial charge in [-0.2, -0.15) is 4.98 Å². The van der Waals surface area contributed by atoms with E-state index >= 15 is 0 Å². The molecule has 0 radical (unpaired) electrons. The van der Waals surface area contributed by atoms with E-state index in [0.717, 1.165) is 6.07 Å². The second kappa shape index (κ2) is 10.2. The van der Waals surface area contributed by atoms with Crippen molar-refractivity contribution in [2.75, 3.05) is 25.5 Å². The second-order valence-corrected chi connectivity index (χ2v) is 11.0. The minimum absolute atomic E-state index is 0.0367. The number of carbonyl (C=O) groups excluding carboxylic acids is 1. The third-order valence-electron chi connectivity index (χ3n) is 5.78. The molecule has 2 heterocycles. The van der Waals surface area contributed by atoms with Crippen molar-refractivity contribution in [3.63, 3.8) is 0 Å². The lowest BCUT2D eigenvalue weighted by atomic mass is 10.1. The summed E-state index contributed by atoms with van der Waals surface area (Å²) in [6, 6.07) is 3.75. The molecular formula is C23H29FN4O6S. The van der Waals surface area contributed by atoms with Crippen LogP contribution in [0.15, 0.2) is 29.4 Å². The quantitative estimate of drug-likeness (QED) is 0.569. The number of rotatable bonds is 8. The summed E-state index contributed by atoms with van der Waals surface area (Å²) in [7, 11) is -2.08. The molecule has 1 amide bonds. The predicted octanol–water partition coefficient (Wildman–Crippen LogP) is 3.69. The molecule has 1 aromatic carbocycles. The van der Waals surface area contributed by atoms with Gasteiger partial charge in [-0.3, -0.25) is 0 Å². The van der Waals surface area contributed by atoms with Gasteiger partial charge in [-0.1, -0.05) is 0 Å². The SMILES string of the molecule is COc1c(Nc2ccc(S(=O)(=O)C3CC3)cc2F)ncnc1OC1CCN(C(=O)OC(C)C)CC1. The monoisotopic (exact) mass is 508 g/mol. The van der Waals surface area contributed by atoms with Gasteiger partial charge in [0.15, 0.2) is 15.7 Å². The number of ether oxygens (including phenoxy) is 3. The maximum Gasteiger partial charge on any atom is 0.410 e. The summed E-state index contributed by atoms with van der Waals surface area (Å²) >= 11 is 0. The van der Waals surface area contributed by atoms with Gasteiger partial charge in [-0.25, -0.2) is 22.6 Å². The van der Waals surface area contributed by atoms with Crippen molar-refractivity contribution in [3.8, 4) is 11.6 Å². The fraction of sp³-hybridized carbons (Fsp3) is 0.522. The molecule has 2 fully saturated rings. The van der Waals surface area contributed by atoms with E-state index in [-0.39, 0.29) is 46.3 Å². The molecule has 1 aromatic heterocycles. The predicted molar refractivity (Wildman–Crippen MR) is 125 cm³/mol. The molecule has 4 rings (SSSR count). The summed E-state index contributed by atoms with van der Waals surface area (Å²) in [6.45, 7) is 4.57. The number of nitrogens with one attached hydrogen (secondary N) is 1. The standard InChI is InChI=1S/C23H29FN4O6S/c1-14(2)33-23(29)28-10-8-15(9-11-28)34-22-20(32-3)21(25-13-26-22)27-19-7-6-17(12-18(19)24)35(30,31)16-4-5-16/h6-7,12-16H,4-5,8-11H2,1-3H3,(H,25,26,27). The van der Waals surface area contributed by atoms with Gasteiger partial charge in [0.25, 0.3) is 5.88 Å². The fourth-order valence-electron chi connectivity index (χ4n) is 3.78. The number of hydrogen-bond donors (Lipinski definition) is 1. The molecule has 0 atom stereocenters. The number of methoxy groups -OCH3 is 1. The number of sulfone groups is 1. The number of benzene rings is 1. The van der Waals surface area contributed by atoms with E-state index in [1.807, 2.05) is 0 Å². The molecule has 10 nitrogen and oxygen atoms in total. The van der Waals surface area contributed by atoms with Crippen LogP contribution >= 0.6 is 0 Å². The molecule has 0 spiro atoms. The first kappa shape index (κ1) is 25.0. The van der Waals surface area contributed by atoms with Crippen molar-refractivity contribution < 1.29 is 31.8 Å². The molecule has 2 aromatic rings. The van der Waals surface area contributed by atoms with Gasteiger partial charge in [-0.15, -0.1) is 0 Å². The number of hydrogen-bond acceptors (Lipinski definition) is 9. The van der Waals surface area contributed by atoms with E-state index in [2.05, 4.69) is 15.3 Å². The highest BCUT2D eigenvalue weighted by molar-refractivity contribution is 7.92. The van der Waals surface area contributed by atoms with E-state index in [1.54, 1.807) is 18.7 Å². The minimum Gasteiger partial charge on any atom is -0.489 e. The van der Waals surface area contributed by atoms with Crippen LogP contribution in [0.3, 0.4) is 0 Å². The topological polar surface area (TPSA) is 120 Å². The van der Waals surface area contributed by atoms with Crippen molar-refractivity contribution in [2.45, 2.75) is 61.9 Å². The number of piperidine rings is 1. The highest BCUT2D eigenvalue weighted by Crippen LogP contribution is 2.37. The average molecular weight is 509 g/mol. The maximum absolute atomic E-state index is 14.8. The highest BCUT2D eigenvalue weighted by atomic mass is 32.2. The Morgan fingerprint density at radius 1 is 1.17 bits per heavy atom. The Balaban J connectivity index is 1.44. The van der Waals surface area contributed by atoms with Crippen molar-refractivity contribution in [2.24, 2.45) is 0 Å². The van der Waals surface area contributed by atoms with Gasteiger partial charge in [0, 0.05) is 25.9 Å². The lowest BCUT2D eigenvalue weighted by molar-refractivity contribution is 0.0500. The molecule has 35 heavy (non-hydrogen) atoms. The van der Waals surface area contributed by atoms with Crippen LogP contribution in [-0.4, -0.2) is 67.0 Å². The number of aromatic nitrogens is 2. The molecular weight excluding hydrogens is 479 g/mol. The van der Waals surface area contributed by atoms with Gasteiger partial charge in [0.1, 0.15) is 18.2 Å². The van der Waals surface area contributed by atoms with E-state index < -0.39 is 20.9 Å². The zero-order chi connectivity index (χ0) is 25.2. The van der Waals surface area contributed by atoms with Gasteiger partial charge in [-0.05, 0) is 44.9 Å². The Kier molecular flexibility index (Phi) is 7.29. The minimum atomic E-state index is -3.50. The lowest BCUT2D eigenvalue weighted by Crippen LogP contribution is -2.42. The first-order valence-electron chi connectivity index (χ1n) is 11.5. The highest BCUT2D eigenvalue weighted by Gasteiger charge is 2.37. The van der Waals surface area contributed by atoms with Crippen LogP contribution in [0.25, 0.3) is 0 Å². The number of likely N-dealkylation sites (tertiary alicyclic amines) is 1. The van der Waals surface area contributed by atoms with E-state index in [4.69, 9.17) is 14.2 Å². The number of carbonyl (C=O) groups is 1. The van der Waals surface area contributed by atoms with Crippen LogP contribution in [0, 0.1) is 5.82 Å². The van der Waals surface area contributed by atoms with Crippen LogP contribution in [0.2, 0.25) is 0 Å². The van der Waals surface area contributed by atoms with Gasteiger partial charge < -0.3 is 24.4 Å². The summed E-state index contributed by atoms with van der Waals surface area (Å²) in [5, 5.41) is 2.42.